The first-order valence-electron chi connectivity index (χ1n) is 10.8. The van der Waals surface area contributed by atoms with Crippen LogP contribution in [-0.4, -0.2) is 0 Å². The van der Waals surface area contributed by atoms with Gasteiger partial charge >= 0.3 is 0 Å². The third-order valence-electron chi connectivity index (χ3n) is 5.64. The topological polar surface area (TPSA) is 0 Å². The molecule has 0 radical (unpaired) electrons. The smallest absolute Gasteiger partial charge is 0.0161 e. The highest BCUT2D eigenvalue weighted by Gasteiger charge is 2.22. The van der Waals surface area contributed by atoms with E-state index < -0.39 is 7.92 Å². The van der Waals surface area contributed by atoms with Gasteiger partial charge < -0.3 is 0 Å². The van der Waals surface area contributed by atoms with E-state index in [1.165, 1.54) is 51.4 Å². The Morgan fingerprint density at radius 1 is 0.531 bits per heavy atom. The van der Waals surface area contributed by atoms with Gasteiger partial charge in [-0.1, -0.05) is 130 Å². The van der Waals surface area contributed by atoms with Crippen LogP contribution in [0.15, 0.2) is 127 Å². The fourth-order valence-electron chi connectivity index (χ4n) is 4.04. The summed E-state index contributed by atoms with van der Waals surface area (Å²) in [6.45, 7) is 2.31. The first-order chi connectivity index (χ1) is 15.8. The van der Waals surface area contributed by atoms with Gasteiger partial charge in [-0.15, -0.1) is 0 Å². The largest absolute Gasteiger partial charge is 0.0622 e. The Balaban J connectivity index is 1.80. The molecule has 154 valence electrons. The van der Waals surface area contributed by atoms with Gasteiger partial charge in [-0.2, -0.15) is 0 Å². The summed E-state index contributed by atoms with van der Waals surface area (Å²) in [5, 5.41) is 5.68. The van der Waals surface area contributed by atoms with Crippen molar-refractivity contribution in [1.82, 2.24) is 0 Å². The Bertz CT molecular complexity index is 1260. The Labute approximate surface area is 193 Å². The molecule has 1 aromatic heterocycles. The summed E-state index contributed by atoms with van der Waals surface area (Å²) >= 11 is 0. The second-order valence-corrected chi connectivity index (χ2v) is 11.4. The molecule has 0 unspecified atom stereocenters. The Morgan fingerprint density at radius 3 is 1.47 bits per heavy atom. The predicted molar refractivity (Wildman–Crippen MR) is 143 cm³/mol. The lowest BCUT2D eigenvalue weighted by atomic mass is 10.0. The van der Waals surface area contributed by atoms with E-state index in [2.05, 4.69) is 134 Å². The number of rotatable bonds is 5. The zero-order valence-corrected chi connectivity index (χ0v) is 19.8. The van der Waals surface area contributed by atoms with Crippen LogP contribution in [0.2, 0.25) is 0 Å². The van der Waals surface area contributed by atoms with Crippen LogP contribution in [0.25, 0.3) is 22.0 Å². The quantitative estimate of drug-likeness (QED) is 0.243. The zero-order valence-electron chi connectivity index (χ0n) is 18.0. The van der Waals surface area contributed by atoms with E-state index in [0.717, 1.165) is 0 Å². The molecule has 0 atom stereocenters. The molecule has 0 bridgehead atoms. The van der Waals surface area contributed by atoms with E-state index >= 15 is 0 Å². The van der Waals surface area contributed by atoms with Crippen LogP contribution < -0.4 is 15.6 Å². The van der Waals surface area contributed by atoms with Crippen molar-refractivity contribution in [3.63, 3.8) is 0 Å². The van der Waals surface area contributed by atoms with Gasteiger partial charge in [0.1, 0.15) is 0 Å². The highest BCUT2D eigenvalue weighted by molar-refractivity contribution is 7.86. The fourth-order valence-corrected chi connectivity index (χ4v) is 8.62. The molecule has 0 spiro atoms. The molecule has 0 aliphatic carbocycles. The van der Waals surface area contributed by atoms with Gasteiger partial charge in [0.15, 0.2) is 0 Å². The highest BCUT2D eigenvalue weighted by Crippen LogP contribution is 2.43. The fraction of sp³-hybridized carbons (Fsp3) is 0.0333. The third kappa shape index (κ3) is 4.31. The van der Waals surface area contributed by atoms with Crippen molar-refractivity contribution in [1.29, 1.82) is 0 Å². The van der Waals surface area contributed by atoms with Gasteiger partial charge in [0.2, 0.25) is 0 Å². The van der Waals surface area contributed by atoms with Crippen LogP contribution in [0, 0.1) is 6.92 Å². The Kier molecular flexibility index (Phi) is 6.27. The lowest BCUT2D eigenvalue weighted by Crippen LogP contribution is -2.21. The summed E-state index contributed by atoms with van der Waals surface area (Å²) in [5.74, 6) is 0. The van der Waals surface area contributed by atoms with Crippen molar-refractivity contribution in [2.75, 3.05) is 0 Å². The van der Waals surface area contributed by atoms with Crippen molar-refractivity contribution >= 4 is 31.8 Å². The standard InChI is InChI=1S/C30H24P2/c1-23-28(24-14-6-2-7-15-24)22-29(25-16-8-3-9-17-25)31-30(23)32(26-18-10-4-11-19-26)27-20-12-5-13-21-27/h2-22H,1H3. The lowest BCUT2D eigenvalue weighted by Gasteiger charge is -2.23. The molecular weight excluding hydrogens is 422 g/mol. The van der Waals surface area contributed by atoms with Crippen molar-refractivity contribution < 1.29 is 0 Å². The summed E-state index contributed by atoms with van der Waals surface area (Å²) < 4.78 is 0. The molecule has 1 heterocycles. The van der Waals surface area contributed by atoms with Gasteiger partial charge in [-0.25, -0.2) is 0 Å². The van der Waals surface area contributed by atoms with E-state index in [-0.39, 0.29) is 0 Å². The molecule has 0 fully saturated rings. The monoisotopic (exact) mass is 446 g/mol. The molecule has 0 amide bonds. The van der Waals surface area contributed by atoms with Crippen LogP contribution >= 0.6 is 16.1 Å². The molecule has 0 aliphatic rings. The summed E-state index contributed by atoms with van der Waals surface area (Å²) in [4.78, 5) is 0. The molecule has 0 saturated carbocycles. The molecule has 0 aliphatic heterocycles. The maximum Gasteiger partial charge on any atom is 0.0161 e. The normalized spacial score (nSPS) is 11.2. The molecule has 0 nitrogen and oxygen atoms in total. The van der Waals surface area contributed by atoms with Gasteiger partial charge in [0.25, 0.3) is 0 Å². The first-order valence-corrected chi connectivity index (χ1v) is 13.1. The van der Waals surface area contributed by atoms with E-state index in [4.69, 9.17) is 0 Å². The minimum absolute atomic E-state index is 0.637. The number of hydrogen-bond donors (Lipinski definition) is 0. The molecule has 5 rings (SSSR count). The van der Waals surface area contributed by atoms with E-state index in [9.17, 15) is 0 Å². The average molecular weight is 446 g/mol. The Morgan fingerprint density at radius 2 is 0.969 bits per heavy atom. The van der Waals surface area contributed by atoms with E-state index in [1.807, 2.05) is 0 Å². The number of benzene rings is 4. The highest BCUT2D eigenvalue weighted by atomic mass is 31.1. The van der Waals surface area contributed by atoms with Crippen LogP contribution in [0.5, 0.6) is 0 Å². The van der Waals surface area contributed by atoms with Crippen LogP contribution in [-0.2, 0) is 0 Å². The predicted octanol–water partition coefficient (Wildman–Crippen LogP) is 7.67. The third-order valence-corrected chi connectivity index (χ3v) is 10.1. The minimum atomic E-state index is -0.637. The molecule has 0 saturated heterocycles. The second-order valence-electron chi connectivity index (χ2n) is 7.74. The van der Waals surface area contributed by atoms with Crippen LogP contribution in [0.3, 0.4) is 0 Å². The van der Waals surface area contributed by atoms with Gasteiger partial charge in [-0.05, 0) is 53.8 Å². The zero-order chi connectivity index (χ0) is 21.8. The van der Waals surface area contributed by atoms with Gasteiger partial charge in [0.05, 0.1) is 0 Å². The molecule has 32 heavy (non-hydrogen) atoms. The second kappa shape index (κ2) is 9.62. The van der Waals surface area contributed by atoms with Crippen LogP contribution in [0.1, 0.15) is 5.56 Å². The summed E-state index contributed by atoms with van der Waals surface area (Å²) in [7, 11) is 0.658. The molecule has 5 aromatic rings. The minimum Gasteiger partial charge on any atom is -0.0622 e. The van der Waals surface area contributed by atoms with Gasteiger partial charge in [-0.3, -0.25) is 0 Å². The maximum atomic E-state index is 2.40. The first kappa shape index (κ1) is 20.8. The van der Waals surface area contributed by atoms with Crippen molar-refractivity contribution in [3.8, 4) is 22.0 Å². The van der Waals surface area contributed by atoms with Crippen molar-refractivity contribution in [2.45, 2.75) is 6.92 Å². The average Bonchev–Trinajstić information content (AvgIpc) is 2.87. The van der Waals surface area contributed by atoms with E-state index in [1.54, 1.807) is 0 Å². The van der Waals surface area contributed by atoms with Crippen molar-refractivity contribution in [2.24, 2.45) is 0 Å². The maximum absolute atomic E-state index is 2.40. The summed E-state index contributed by atoms with van der Waals surface area (Å²) in [6, 6.07) is 46.1. The summed E-state index contributed by atoms with van der Waals surface area (Å²) in [5.41, 5.74) is 5.31. The molecule has 4 aromatic carbocycles. The molecule has 2 heteroatoms. The van der Waals surface area contributed by atoms with Gasteiger partial charge in [0, 0.05) is 10.3 Å². The number of hydrogen-bond acceptors (Lipinski definition) is 0. The Hall–Kier alpha value is -3.04. The SMILES string of the molecule is Cc1c(-c2ccccc2)cc(-c2ccccc2)pc1P(c1ccccc1)c1ccccc1. The van der Waals surface area contributed by atoms with Crippen LogP contribution in [0.4, 0.5) is 0 Å². The molecular formula is C30H24P2. The summed E-state index contributed by atoms with van der Waals surface area (Å²) in [6.07, 6.45) is 0. The molecule has 0 N–H and O–H groups in total. The van der Waals surface area contributed by atoms with E-state index in [0.29, 0.717) is 0 Å². The van der Waals surface area contributed by atoms with Crippen molar-refractivity contribution in [3.05, 3.63) is 133 Å². The lowest BCUT2D eigenvalue weighted by molar-refractivity contribution is 1.52.